The molecule has 4 rings (SSSR count). The van der Waals surface area contributed by atoms with E-state index >= 15 is 0 Å². The molecule has 1 aliphatic heterocycles. The molecule has 2 heterocycles. The van der Waals surface area contributed by atoms with Crippen LogP contribution in [0.5, 0.6) is 0 Å². The van der Waals surface area contributed by atoms with E-state index in [0.717, 1.165) is 6.07 Å². The Morgan fingerprint density at radius 2 is 1.85 bits per heavy atom. The third kappa shape index (κ3) is 2.89. The van der Waals surface area contributed by atoms with Gasteiger partial charge in [0, 0.05) is 29.3 Å². The lowest BCUT2D eigenvalue weighted by atomic mass is 9.63. The molecule has 0 radical (unpaired) electrons. The second kappa shape index (κ2) is 5.78. The molecule has 0 spiro atoms. The molecular formula is C20H20F3N3O. The number of halogens is 3. The van der Waals surface area contributed by atoms with E-state index in [-0.39, 0.29) is 16.8 Å². The maximum Gasteiger partial charge on any atom is 0.416 e. The first-order valence-corrected chi connectivity index (χ1v) is 8.90. The van der Waals surface area contributed by atoms with Crippen molar-refractivity contribution in [2.45, 2.75) is 45.7 Å². The number of nitrogens with one attached hydrogen (secondary N) is 1. The maximum atomic E-state index is 13.7. The van der Waals surface area contributed by atoms with Gasteiger partial charge in [0.15, 0.2) is 5.82 Å². The van der Waals surface area contributed by atoms with Crippen molar-refractivity contribution in [3.63, 3.8) is 0 Å². The van der Waals surface area contributed by atoms with Gasteiger partial charge in [-0.15, -0.1) is 0 Å². The third-order valence-corrected chi connectivity index (χ3v) is 5.49. The average Bonchev–Trinajstić information content (AvgIpc) is 2.92. The van der Waals surface area contributed by atoms with E-state index in [4.69, 9.17) is 0 Å². The molecule has 0 saturated heterocycles. The summed E-state index contributed by atoms with van der Waals surface area (Å²) in [4.78, 5) is 17.6. The first kappa shape index (κ1) is 17.9. The van der Waals surface area contributed by atoms with Crippen LogP contribution in [-0.4, -0.2) is 21.7 Å². The third-order valence-electron chi connectivity index (χ3n) is 5.49. The number of ketones is 1. The molecule has 1 aromatic carbocycles. The Bertz CT molecular complexity index is 956. The molecule has 2 aromatic rings. The molecule has 27 heavy (non-hydrogen) atoms. The Morgan fingerprint density at radius 3 is 2.56 bits per heavy atom. The molecule has 0 amide bonds. The zero-order chi connectivity index (χ0) is 19.6. The predicted octanol–water partition coefficient (Wildman–Crippen LogP) is 4.96. The van der Waals surface area contributed by atoms with Gasteiger partial charge < -0.3 is 0 Å². The summed E-state index contributed by atoms with van der Waals surface area (Å²) >= 11 is 0. The fourth-order valence-electron chi connectivity index (χ4n) is 4.46. The molecule has 1 fully saturated rings. The van der Waals surface area contributed by atoms with E-state index in [9.17, 15) is 18.0 Å². The van der Waals surface area contributed by atoms with Crippen LogP contribution in [0, 0.1) is 18.3 Å². The van der Waals surface area contributed by atoms with Gasteiger partial charge in [-0.05, 0) is 30.4 Å². The largest absolute Gasteiger partial charge is 0.416 e. The minimum absolute atomic E-state index is 0.0572. The van der Waals surface area contributed by atoms with E-state index in [1.165, 1.54) is 12.1 Å². The van der Waals surface area contributed by atoms with Gasteiger partial charge in [-0.3, -0.25) is 9.89 Å². The molecule has 4 nitrogen and oxygen atoms in total. The summed E-state index contributed by atoms with van der Waals surface area (Å²) < 4.78 is 41.1. The van der Waals surface area contributed by atoms with Crippen LogP contribution in [0.2, 0.25) is 0 Å². The average molecular weight is 375 g/mol. The lowest BCUT2D eigenvalue weighted by Gasteiger charge is -2.40. The fourth-order valence-corrected chi connectivity index (χ4v) is 4.46. The van der Waals surface area contributed by atoms with E-state index < -0.39 is 23.6 Å². The van der Waals surface area contributed by atoms with Crippen LogP contribution in [-0.2, 0) is 11.0 Å². The highest BCUT2D eigenvalue weighted by atomic mass is 19.4. The van der Waals surface area contributed by atoms with E-state index in [1.54, 1.807) is 13.0 Å². The highest BCUT2D eigenvalue weighted by Gasteiger charge is 2.48. The van der Waals surface area contributed by atoms with E-state index in [1.807, 2.05) is 13.8 Å². The van der Waals surface area contributed by atoms with E-state index in [2.05, 4.69) is 15.2 Å². The molecular weight excluding hydrogens is 355 g/mol. The first-order valence-electron chi connectivity index (χ1n) is 8.90. The second-order valence-corrected chi connectivity index (χ2v) is 8.21. The molecule has 2 unspecified atom stereocenters. The Balaban J connectivity index is 1.96. The number of hydrogen-bond donors (Lipinski definition) is 1. The number of Topliss-reactive ketones (excluding diaryl/α,β-unsaturated/α-hetero) is 1. The summed E-state index contributed by atoms with van der Waals surface area (Å²) in [7, 11) is 0. The van der Waals surface area contributed by atoms with Gasteiger partial charge in [-0.25, -0.2) is 4.99 Å². The second-order valence-electron chi connectivity index (χ2n) is 8.21. The summed E-state index contributed by atoms with van der Waals surface area (Å²) in [5.74, 6) is -1.07. The number of aromatic amines is 1. The van der Waals surface area contributed by atoms with Crippen molar-refractivity contribution in [3.8, 4) is 0 Å². The summed E-state index contributed by atoms with van der Waals surface area (Å²) in [5.41, 5.74) is 1.02. The quantitative estimate of drug-likeness (QED) is 0.766. The van der Waals surface area contributed by atoms with Crippen molar-refractivity contribution in [3.05, 3.63) is 46.6 Å². The summed E-state index contributed by atoms with van der Waals surface area (Å²) in [6.07, 6.45) is -3.60. The number of carbonyl (C=O) groups excluding carboxylic acids is 1. The Kier molecular flexibility index (Phi) is 3.84. The van der Waals surface area contributed by atoms with Crippen LogP contribution in [0.1, 0.15) is 55.0 Å². The van der Waals surface area contributed by atoms with Gasteiger partial charge in [0.05, 0.1) is 11.5 Å². The van der Waals surface area contributed by atoms with Crippen molar-refractivity contribution in [1.82, 2.24) is 10.2 Å². The van der Waals surface area contributed by atoms with Crippen molar-refractivity contribution in [2.24, 2.45) is 16.3 Å². The van der Waals surface area contributed by atoms with Gasteiger partial charge in [0.1, 0.15) is 5.78 Å². The van der Waals surface area contributed by atoms with Gasteiger partial charge >= 0.3 is 6.18 Å². The van der Waals surface area contributed by atoms with Crippen LogP contribution in [0.15, 0.2) is 29.3 Å². The van der Waals surface area contributed by atoms with Crippen LogP contribution < -0.4 is 0 Å². The lowest BCUT2D eigenvalue weighted by molar-refractivity contribution is -0.138. The highest BCUT2D eigenvalue weighted by Crippen LogP contribution is 2.51. The van der Waals surface area contributed by atoms with Crippen molar-refractivity contribution in [2.75, 3.05) is 0 Å². The van der Waals surface area contributed by atoms with Crippen molar-refractivity contribution >= 4 is 17.3 Å². The molecule has 0 bridgehead atoms. The number of rotatable bonds is 1. The number of hydrogen-bond acceptors (Lipinski definition) is 3. The zero-order valence-electron chi connectivity index (χ0n) is 15.3. The number of aromatic nitrogens is 2. The maximum absolute atomic E-state index is 13.7. The number of H-pyrrole nitrogens is 1. The predicted molar refractivity (Wildman–Crippen MR) is 95.2 cm³/mol. The van der Waals surface area contributed by atoms with Gasteiger partial charge in [0.25, 0.3) is 0 Å². The summed E-state index contributed by atoms with van der Waals surface area (Å²) in [6.45, 7) is 5.72. The summed E-state index contributed by atoms with van der Waals surface area (Å²) in [5, 5.41) is 7.02. The molecule has 1 saturated carbocycles. The number of aryl methyl sites for hydroxylation is 1. The van der Waals surface area contributed by atoms with E-state index in [0.29, 0.717) is 35.6 Å². The number of fused-ring (bicyclic) bond motifs is 2. The standard InChI is InChI=1S/C20H20F3N3O/c1-10-15-16(11-6-4-5-7-12(11)20(21,22)23)17-13(24-18(15)26-25-10)8-19(2,3)9-14(17)27/h4-7,16-17H,8-9H2,1-3H3,(H,25,26). The lowest BCUT2D eigenvalue weighted by Crippen LogP contribution is -2.42. The first-order chi connectivity index (χ1) is 12.6. The normalized spacial score (nSPS) is 24.2. The van der Waals surface area contributed by atoms with Gasteiger partial charge in [-0.1, -0.05) is 32.0 Å². The van der Waals surface area contributed by atoms with Crippen molar-refractivity contribution < 1.29 is 18.0 Å². The number of carbonyl (C=O) groups is 1. The Hall–Kier alpha value is -2.44. The number of aliphatic imine (C=N–C) groups is 1. The highest BCUT2D eigenvalue weighted by molar-refractivity contribution is 6.11. The molecule has 1 N–H and O–H groups in total. The summed E-state index contributed by atoms with van der Waals surface area (Å²) in [6, 6.07) is 5.51. The monoisotopic (exact) mass is 375 g/mol. The SMILES string of the molecule is Cc1[nH]nc2c1C(c1ccccc1C(F)(F)F)C1C(=O)CC(C)(C)CC1=N2. The van der Waals surface area contributed by atoms with Gasteiger partial charge in [0.2, 0.25) is 0 Å². The molecule has 2 aliphatic rings. The topological polar surface area (TPSA) is 58.1 Å². The zero-order valence-corrected chi connectivity index (χ0v) is 15.3. The Morgan fingerprint density at radius 1 is 1.15 bits per heavy atom. The number of alkyl halides is 3. The van der Waals surface area contributed by atoms with Crippen LogP contribution >= 0.6 is 0 Å². The fraction of sp³-hybridized carbons (Fsp3) is 0.450. The molecule has 1 aliphatic carbocycles. The minimum atomic E-state index is -4.50. The Labute approximate surface area is 154 Å². The molecule has 2 atom stereocenters. The molecule has 1 aromatic heterocycles. The van der Waals surface area contributed by atoms with Crippen molar-refractivity contribution in [1.29, 1.82) is 0 Å². The van der Waals surface area contributed by atoms with Crippen LogP contribution in [0.3, 0.4) is 0 Å². The molecule has 142 valence electrons. The van der Waals surface area contributed by atoms with Crippen LogP contribution in [0.25, 0.3) is 0 Å². The number of nitrogens with zero attached hydrogens (tertiary/aromatic N) is 2. The number of benzene rings is 1. The minimum Gasteiger partial charge on any atom is -0.299 e. The smallest absolute Gasteiger partial charge is 0.299 e. The molecule has 7 heteroatoms. The van der Waals surface area contributed by atoms with Gasteiger partial charge in [-0.2, -0.15) is 18.3 Å². The van der Waals surface area contributed by atoms with Crippen LogP contribution in [0.4, 0.5) is 19.0 Å².